The van der Waals surface area contributed by atoms with E-state index in [1.807, 2.05) is 17.0 Å². The molecule has 2 aromatic carbocycles. The smallest absolute Gasteiger partial charge is 0.253 e. The number of benzene rings is 2. The molecular formula is C21H25N3O. The molecule has 0 radical (unpaired) electrons. The van der Waals surface area contributed by atoms with E-state index in [0.717, 1.165) is 51.3 Å². The Bertz CT molecular complexity index is 748. The molecule has 0 N–H and O–H groups in total. The molecule has 2 aliphatic rings. The molecule has 2 aliphatic heterocycles. The number of amides is 1. The number of likely N-dealkylation sites (N-methyl/N-ethyl adjacent to an activating group) is 1. The number of hydrogen-bond donors (Lipinski definition) is 0. The lowest BCUT2D eigenvalue weighted by molar-refractivity contribution is 0.0664. The molecule has 4 rings (SSSR count). The maximum Gasteiger partial charge on any atom is 0.253 e. The van der Waals surface area contributed by atoms with Gasteiger partial charge in [-0.3, -0.25) is 4.79 Å². The second-order valence-electron chi connectivity index (χ2n) is 7.09. The zero-order chi connectivity index (χ0) is 17.2. The van der Waals surface area contributed by atoms with Crippen molar-refractivity contribution >= 4 is 11.6 Å². The summed E-state index contributed by atoms with van der Waals surface area (Å²) in [6.07, 6.45) is 1.12. The van der Waals surface area contributed by atoms with Crippen molar-refractivity contribution in [1.82, 2.24) is 9.80 Å². The average molecular weight is 335 g/mol. The van der Waals surface area contributed by atoms with Crippen LogP contribution in [0.3, 0.4) is 0 Å². The molecular weight excluding hydrogens is 310 g/mol. The van der Waals surface area contributed by atoms with Crippen LogP contribution in [-0.2, 0) is 13.0 Å². The molecule has 0 aromatic heterocycles. The van der Waals surface area contributed by atoms with Gasteiger partial charge in [0.25, 0.3) is 5.91 Å². The molecule has 0 bridgehead atoms. The van der Waals surface area contributed by atoms with Crippen molar-refractivity contribution in [3.63, 3.8) is 0 Å². The third-order valence-electron chi connectivity index (χ3n) is 5.35. The quantitative estimate of drug-likeness (QED) is 0.863. The van der Waals surface area contributed by atoms with Gasteiger partial charge in [0.1, 0.15) is 0 Å². The van der Waals surface area contributed by atoms with E-state index in [0.29, 0.717) is 0 Å². The number of anilines is 1. The fraction of sp³-hybridized carbons (Fsp3) is 0.381. The van der Waals surface area contributed by atoms with Gasteiger partial charge in [0, 0.05) is 50.5 Å². The largest absolute Gasteiger partial charge is 0.367 e. The number of carbonyl (C=O) groups excluding carboxylic acids is 1. The molecule has 2 aromatic rings. The number of fused-ring (bicyclic) bond motifs is 1. The average Bonchev–Trinajstić information content (AvgIpc) is 3.06. The molecule has 130 valence electrons. The minimum Gasteiger partial charge on any atom is -0.367 e. The van der Waals surface area contributed by atoms with Crippen LogP contribution in [0.25, 0.3) is 0 Å². The molecule has 2 heterocycles. The highest BCUT2D eigenvalue weighted by Gasteiger charge is 2.21. The molecule has 1 amide bonds. The van der Waals surface area contributed by atoms with Crippen LogP contribution in [0.4, 0.5) is 5.69 Å². The van der Waals surface area contributed by atoms with Gasteiger partial charge in [-0.25, -0.2) is 0 Å². The van der Waals surface area contributed by atoms with Gasteiger partial charge in [0.15, 0.2) is 0 Å². The SMILES string of the molecule is CN1CCN(C(=O)c2ccc(CN3CCc4ccccc43)cc2)CC1. The predicted molar refractivity (Wildman–Crippen MR) is 101 cm³/mol. The lowest BCUT2D eigenvalue weighted by Gasteiger charge is -2.32. The van der Waals surface area contributed by atoms with Gasteiger partial charge in [0.05, 0.1) is 0 Å². The second-order valence-corrected chi connectivity index (χ2v) is 7.09. The van der Waals surface area contributed by atoms with E-state index in [2.05, 4.69) is 53.2 Å². The molecule has 4 nitrogen and oxygen atoms in total. The van der Waals surface area contributed by atoms with Crippen LogP contribution in [0.15, 0.2) is 48.5 Å². The molecule has 1 saturated heterocycles. The molecule has 0 saturated carbocycles. The number of nitrogens with zero attached hydrogens (tertiary/aromatic N) is 3. The van der Waals surface area contributed by atoms with Crippen LogP contribution in [0.2, 0.25) is 0 Å². The Morgan fingerprint density at radius 1 is 0.920 bits per heavy atom. The zero-order valence-corrected chi connectivity index (χ0v) is 14.8. The van der Waals surface area contributed by atoms with Gasteiger partial charge in [-0.1, -0.05) is 30.3 Å². The maximum absolute atomic E-state index is 12.6. The Kier molecular flexibility index (Phi) is 4.45. The highest BCUT2D eigenvalue weighted by atomic mass is 16.2. The van der Waals surface area contributed by atoms with E-state index in [1.54, 1.807) is 0 Å². The number of rotatable bonds is 3. The van der Waals surface area contributed by atoms with Gasteiger partial charge in [-0.15, -0.1) is 0 Å². The minimum atomic E-state index is 0.158. The van der Waals surface area contributed by atoms with Gasteiger partial charge in [-0.05, 0) is 42.8 Å². The van der Waals surface area contributed by atoms with Gasteiger partial charge in [0.2, 0.25) is 0 Å². The fourth-order valence-electron chi connectivity index (χ4n) is 3.74. The third-order valence-corrected chi connectivity index (χ3v) is 5.35. The summed E-state index contributed by atoms with van der Waals surface area (Å²) in [5, 5.41) is 0. The van der Waals surface area contributed by atoms with Crippen molar-refractivity contribution < 1.29 is 4.79 Å². The predicted octanol–water partition coefficient (Wildman–Crippen LogP) is 2.64. The summed E-state index contributed by atoms with van der Waals surface area (Å²) in [5.74, 6) is 0.158. The second kappa shape index (κ2) is 6.89. The summed E-state index contributed by atoms with van der Waals surface area (Å²) in [4.78, 5) is 19.3. The molecule has 0 spiro atoms. The highest BCUT2D eigenvalue weighted by molar-refractivity contribution is 5.94. The Balaban J connectivity index is 1.42. The van der Waals surface area contributed by atoms with Gasteiger partial charge >= 0.3 is 0 Å². The Labute approximate surface area is 149 Å². The topological polar surface area (TPSA) is 26.8 Å². The van der Waals surface area contributed by atoms with E-state index in [1.165, 1.54) is 16.8 Å². The molecule has 4 heteroatoms. The monoisotopic (exact) mass is 335 g/mol. The number of hydrogen-bond acceptors (Lipinski definition) is 3. The van der Waals surface area contributed by atoms with Gasteiger partial charge in [-0.2, -0.15) is 0 Å². The van der Waals surface area contributed by atoms with Crippen LogP contribution in [0.1, 0.15) is 21.5 Å². The molecule has 1 fully saturated rings. The first-order valence-electron chi connectivity index (χ1n) is 9.10. The van der Waals surface area contributed by atoms with Crippen molar-refractivity contribution in [3.8, 4) is 0 Å². The number of para-hydroxylation sites is 1. The molecule has 0 aliphatic carbocycles. The lowest BCUT2D eigenvalue weighted by atomic mass is 10.1. The zero-order valence-electron chi connectivity index (χ0n) is 14.8. The van der Waals surface area contributed by atoms with Crippen molar-refractivity contribution in [2.75, 3.05) is 44.7 Å². The summed E-state index contributed by atoms with van der Waals surface area (Å²) in [5.41, 5.74) is 4.84. The molecule has 25 heavy (non-hydrogen) atoms. The number of piperazine rings is 1. The standard InChI is InChI=1S/C21H25N3O/c1-22-12-14-23(15-13-22)21(25)19-8-6-17(7-9-19)16-24-11-10-18-4-2-3-5-20(18)24/h2-9H,10-16H2,1H3. The van der Waals surface area contributed by atoms with Crippen LogP contribution in [-0.4, -0.2) is 55.5 Å². The van der Waals surface area contributed by atoms with Crippen molar-refractivity contribution in [1.29, 1.82) is 0 Å². The lowest BCUT2D eigenvalue weighted by Crippen LogP contribution is -2.47. The van der Waals surface area contributed by atoms with Gasteiger partial charge < -0.3 is 14.7 Å². The first kappa shape index (κ1) is 16.2. The molecule has 0 atom stereocenters. The van der Waals surface area contributed by atoms with E-state index < -0.39 is 0 Å². The van der Waals surface area contributed by atoms with E-state index in [9.17, 15) is 4.79 Å². The molecule has 0 unspecified atom stereocenters. The van der Waals surface area contributed by atoms with E-state index in [-0.39, 0.29) is 5.91 Å². The maximum atomic E-state index is 12.6. The normalized spacial score (nSPS) is 17.6. The summed E-state index contributed by atoms with van der Waals surface area (Å²) in [7, 11) is 2.10. The van der Waals surface area contributed by atoms with E-state index >= 15 is 0 Å². The summed E-state index contributed by atoms with van der Waals surface area (Å²) < 4.78 is 0. The summed E-state index contributed by atoms with van der Waals surface area (Å²) in [6, 6.07) is 16.8. The first-order chi connectivity index (χ1) is 12.2. The first-order valence-corrected chi connectivity index (χ1v) is 9.10. The number of carbonyl (C=O) groups is 1. The van der Waals surface area contributed by atoms with Crippen LogP contribution < -0.4 is 4.90 Å². The van der Waals surface area contributed by atoms with Crippen LogP contribution in [0, 0.1) is 0 Å². The van der Waals surface area contributed by atoms with Crippen molar-refractivity contribution in [2.45, 2.75) is 13.0 Å². The van der Waals surface area contributed by atoms with Crippen molar-refractivity contribution in [3.05, 3.63) is 65.2 Å². The third kappa shape index (κ3) is 3.40. The van der Waals surface area contributed by atoms with Crippen LogP contribution >= 0.6 is 0 Å². The Hall–Kier alpha value is -2.33. The highest BCUT2D eigenvalue weighted by Crippen LogP contribution is 2.28. The summed E-state index contributed by atoms with van der Waals surface area (Å²) >= 11 is 0. The van der Waals surface area contributed by atoms with Crippen LogP contribution in [0.5, 0.6) is 0 Å². The van der Waals surface area contributed by atoms with Crippen molar-refractivity contribution in [2.24, 2.45) is 0 Å². The summed E-state index contributed by atoms with van der Waals surface area (Å²) in [6.45, 7) is 5.53. The Morgan fingerprint density at radius 3 is 2.40 bits per heavy atom. The fourth-order valence-corrected chi connectivity index (χ4v) is 3.74. The minimum absolute atomic E-state index is 0.158. The van der Waals surface area contributed by atoms with E-state index in [4.69, 9.17) is 0 Å². The Morgan fingerprint density at radius 2 is 1.64 bits per heavy atom.